The summed E-state index contributed by atoms with van der Waals surface area (Å²) in [6.45, 7) is 1.04. The van der Waals surface area contributed by atoms with E-state index in [2.05, 4.69) is 31.9 Å². The van der Waals surface area contributed by atoms with Crippen LogP contribution in [0.1, 0.15) is 29.5 Å². The molecule has 1 unspecified atom stereocenters. The van der Waals surface area contributed by atoms with E-state index in [1.807, 2.05) is 13.1 Å². The third-order valence-corrected chi connectivity index (χ3v) is 4.18. The lowest BCUT2D eigenvalue weighted by molar-refractivity contribution is 0.0951. The molecule has 1 aromatic carbocycles. The summed E-state index contributed by atoms with van der Waals surface area (Å²) in [5.74, 6) is 6.68. The Kier molecular flexibility index (Phi) is 4.00. The van der Waals surface area contributed by atoms with Crippen LogP contribution >= 0.6 is 0 Å². The van der Waals surface area contributed by atoms with Crippen LogP contribution in [0.15, 0.2) is 47.1 Å². The summed E-state index contributed by atoms with van der Waals surface area (Å²) in [7, 11) is 2.03. The number of nitrogens with zero attached hydrogens (tertiary/aromatic N) is 4. The Bertz CT molecular complexity index is 955. The maximum absolute atomic E-state index is 13.1. The van der Waals surface area contributed by atoms with Crippen molar-refractivity contribution in [1.29, 1.82) is 0 Å². The minimum absolute atomic E-state index is 0.206. The van der Waals surface area contributed by atoms with Crippen molar-refractivity contribution in [3.8, 4) is 23.4 Å². The smallest absolute Gasteiger partial charge is 0.244 e. The molecule has 3 aromatic rings. The van der Waals surface area contributed by atoms with Crippen LogP contribution in [0.25, 0.3) is 11.5 Å². The third-order valence-electron chi connectivity index (χ3n) is 4.18. The summed E-state index contributed by atoms with van der Waals surface area (Å²) < 4.78 is 18.5. The summed E-state index contributed by atoms with van der Waals surface area (Å²) in [6, 6.07) is 10.0. The SMILES string of the molecule is CN1CCC1c1nc(-c2ccc(C#Cc3cccc(F)c3)cn2)no1. The number of halogens is 1. The lowest BCUT2D eigenvalue weighted by Gasteiger charge is -2.34. The van der Waals surface area contributed by atoms with Crippen molar-refractivity contribution in [3.05, 3.63) is 65.4 Å². The lowest BCUT2D eigenvalue weighted by atomic mass is 10.1. The van der Waals surface area contributed by atoms with Crippen LogP contribution in [-0.2, 0) is 0 Å². The number of hydrogen-bond acceptors (Lipinski definition) is 5. The van der Waals surface area contributed by atoms with Crippen molar-refractivity contribution < 1.29 is 8.91 Å². The Morgan fingerprint density at radius 1 is 1.20 bits per heavy atom. The van der Waals surface area contributed by atoms with Gasteiger partial charge in [0.1, 0.15) is 11.5 Å². The highest BCUT2D eigenvalue weighted by atomic mass is 19.1. The summed E-state index contributed by atoms with van der Waals surface area (Å²) in [4.78, 5) is 10.9. The van der Waals surface area contributed by atoms with Crippen molar-refractivity contribution in [1.82, 2.24) is 20.0 Å². The van der Waals surface area contributed by atoms with Crippen molar-refractivity contribution in [2.24, 2.45) is 0 Å². The van der Waals surface area contributed by atoms with E-state index in [0.717, 1.165) is 18.5 Å². The molecule has 0 amide bonds. The molecule has 0 saturated carbocycles. The summed E-state index contributed by atoms with van der Waals surface area (Å²) >= 11 is 0. The highest BCUT2D eigenvalue weighted by molar-refractivity contribution is 5.51. The van der Waals surface area contributed by atoms with Crippen molar-refractivity contribution in [2.45, 2.75) is 12.5 Å². The zero-order valence-corrected chi connectivity index (χ0v) is 13.6. The number of likely N-dealkylation sites (tertiary alicyclic amines) is 1. The van der Waals surface area contributed by atoms with Gasteiger partial charge in [-0.15, -0.1) is 0 Å². The second-order valence-corrected chi connectivity index (χ2v) is 5.93. The minimum atomic E-state index is -0.301. The maximum Gasteiger partial charge on any atom is 0.244 e. The monoisotopic (exact) mass is 334 g/mol. The summed E-state index contributed by atoms with van der Waals surface area (Å²) in [6.07, 6.45) is 2.67. The first kappa shape index (κ1) is 15.5. The summed E-state index contributed by atoms with van der Waals surface area (Å²) in [5, 5.41) is 4.00. The molecule has 6 heteroatoms. The number of pyridine rings is 1. The van der Waals surface area contributed by atoms with Gasteiger partial charge in [0.2, 0.25) is 11.7 Å². The highest BCUT2D eigenvalue weighted by Gasteiger charge is 2.31. The largest absolute Gasteiger partial charge is 0.337 e. The van der Waals surface area contributed by atoms with E-state index in [1.165, 1.54) is 12.1 Å². The number of rotatable bonds is 2. The number of benzene rings is 1. The van der Waals surface area contributed by atoms with E-state index >= 15 is 0 Å². The lowest BCUT2D eigenvalue weighted by Crippen LogP contribution is -2.37. The predicted molar refractivity (Wildman–Crippen MR) is 89.9 cm³/mol. The van der Waals surface area contributed by atoms with Gasteiger partial charge < -0.3 is 4.52 Å². The first-order valence-electron chi connectivity index (χ1n) is 7.97. The molecule has 0 aliphatic carbocycles. The number of aromatic nitrogens is 3. The molecule has 1 aliphatic rings. The highest BCUT2D eigenvalue weighted by Crippen LogP contribution is 2.30. The quantitative estimate of drug-likeness (QED) is 0.674. The fourth-order valence-electron chi connectivity index (χ4n) is 2.61. The molecule has 0 radical (unpaired) electrons. The van der Waals surface area contributed by atoms with Crippen molar-refractivity contribution >= 4 is 0 Å². The molecule has 0 bridgehead atoms. The Morgan fingerprint density at radius 3 is 2.76 bits per heavy atom. The molecular weight excluding hydrogens is 319 g/mol. The fraction of sp³-hybridized carbons (Fsp3) is 0.211. The first-order chi connectivity index (χ1) is 12.2. The van der Waals surface area contributed by atoms with Gasteiger partial charge in [0, 0.05) is 23.9 Å². The van der Waals surface area contributed by atoms with E-state index in [1.54, 1.807) is 24.4 Å². The van der Waals surface area contributed by atoms with Crippen LogP contribution in [0.5, 0.6) is 0 Å². The molecule has 3 heterocycles. The van der Waals surface area contributed by atoms with Gasteiger partial charge in [-0.2, -0.15) is 4.98 Å². The molecule has 1 atom stereocenters. The van der Waals surface area contributed by atoms with Gasteiger partial charge in [0.25, 0.3) is 0 Å². The number of hydrogen-bond donors (Lipinski definition) is 0. The van der Waals surface area contributed by atoms with Crippen LogP contribution in [0, 0.1) is 17.7 Å². The normalized spacial score (nSPS) is 16.8. The first-order valence-corrected chi connectivity index (χ1v) is 7.97. The molecular formula is C19H15FN4O. The Balaban J connectivity index is 1.51. The van der Waals surface area contributed by atoms with E-state index in [9.17, 15) is 4.39 Å². The predicted octanol–water partition coefficient (Wildman–Crippen LogP) is 3.05. The average Bonchev–Trinajstić information content (AvgIpc) is 3.08. The molecule has 124 valence electrons. The van der Waals surface area contributed by atoms with E-state index in [-0.39, 0.29) is 11.9 Å². The molecule has 0 N–H and O–H groups in total. The Labute approximate surface area is 144 Å². The Morgan fingerprint density at radius 2 is 2.08 bits per heavy atom. The van der Waals surface area contributed by atoms with Gasteiger partial charge in [0.05, 0.1) is 6.04 Å². The molecule has 2 aromatic heterocycles. The maximum atomic E-state index is 13.1. The van der Waals surface area contributed by atoms with Crippen molar-refractivity contribution in [3.63, 3.8) is 0 Å². The molecule has 4 rings (SSSR count). The van der Waals surface area contributed by atoms with Crippen LogP contribution < -0.4 is 0 Å². The Hall–Kier alpha value is -3.04. The topological polar surface area (TPSA) is 55.1 Å². The summed E-state index contributed by atoms with van der Waals surface area (Å²) in [5.41, 5.74) is 1.99. The van der Waals surface area contributed by atoms with Gasteiger partial charge in [0.15, 0.2) is 0 Å². The van der Waals surface area contributed by atoms with Crippen LogP contribution in [0.3, 0.4) is 0 Å². The fourth-order valence-corrected chi connectivity index (χ4v) is 2.61. The van der Waals surface area contributed by atoms with E-state index in [0.29, 0.717) is 23.0 Å². The van der Waals surface area contributed by atoms with E-state index in [4.69, 9.17) is 4.52 Å². The van der Waals surface area contributed by atoms with Gasteiger partial charge in [-0.1, -0.05) is 23.1 Å². The second-order valence-electron chi connectivity index (χ2n) is 5.93. The van der Waals surface area contributed by atoms with Gasteiger partial charge >= 0.3 is 0 Å². The average molecular weight is 334 g/mol. The second kappa shape index (κ2) is 6.46. The molecule has 1 aliphatic heterocycles. The molecule has 0 spiro atoms. The molecule has 5 nitrogen and oxygen atoms in total. The van der Waals surface area contributed by atoms with Gasteiger partial charge in [-0.3, -0.25) is 9.88 Å². The van der Waals surface area contributed by atoms with Gasteiger partial charge in [-0.25, -0.2) is 4.39 Å². The zero-order valence-electron chi connectivity index (χ0n) is 13.6. The van der Waals surface area contributed by atoms with Gasteiger partial charge in [-0.05, 0) is 43.8 Å². The van der Waals surface area contributed by atoms with Crippen molar-refractivity contribution in [2.75, 3.05) is 13.6 Å². The minimum Gasteiger partial charge on any atom is -0.337 e. The molecule has 25 heavy (non-hydrogen) atoms. The molecule has 1 fully saturated rings. The van der Waals surface area contributed by atoms with E-state index < -0.39 is 0 Å². The molecule has 1 saturated heterocycles. The van der Waals surface area contributed by atoms with Crippen LogP contribution in [0.4, 0.5) is 4.39 Å². The van der Waals surface area contributed by atoms with Crippen LogP contribution in [-0.4, -0.2) is 33.6 Å². The third kappa shape index (κ3) is 3.28. The standard InChI is InChI=1S/C19H15FN4O/c1-24-10-9-17(24)19-22-18(23-25-19)16-8-7-14(12-21-16)6-5-13-3-2-4-15(20)11-13/h2-4,7-8,11-12,17H,9-10H2,1H3. The zero-order chi connectivity index (χ0) is 17.2. The van der Waals surface area contributed by atoms with Crippen LogP contribution in [0.2, 0.25) is 0 Å².